The lowest BCUT2D eigenvalue weighted by Gasteiger charge is -2.05. The number of nitrogens with zero attached hydrogens (tertiary/aromatic N) is 1. The number of nitrogens with two attached hydrogens (primary N) is 1. The molecule has 2 aromatic rings. The van der Waals surface area contributed by atoms with E-state index < -0.39 is 5.91 Å². The Bertz CT molecular complexity index is 538. The summed E-state index contributed by atoms with van der Waals surface area (Å²) < 4.78 is 0. The SMILES string of the molecule is Nc1ccc(NC(=O)c2ccccc2O)nc1. The Morgan fingerprint density at radius 1 is 1.24 bits per heavy atom. The molecule has 0 fully saturated rings. The lowest BCUT2D eigenvalue weighted by atomic mass is 10.2. The van der Waals surface area contributed by atoms with Crippen LogP contribution in [-0.4, -0.2) is 16.0 Å². The fourth-order valence-electron chi connectivity index (χ4n) is 1.33. The van der Waals surface area contributed by atoms with E-state index in [0.717, 1.165) is 0 Å². The molecule has 0 aliphatic rings. The van der Waals surface area contributed by atoms with Crippen molar-refractivity contribution >= 4 is 17.4 Å². The number of aromatic hydroxyl groups is 1. The molecule has 1 aromatic heterocycles. The summed E-state index contributed by atoms with van der Waals surface area (Å²) in [5.74, 6) is -0.103. The number of phenols is 1. The Hall–Kier alpha value is -2.56. The van der Waals surface area contributed by atoms with Crippen LogP contribution in [0.2, 0.25) is 0 Å². The van der Waals surface area contributed by atoms with Gasteiger partial charge in [-0.1, -0.05) is 12.1 Å². The lowest BCUT2D eigenvalue weighted by Crippen LogP contribution is -2.13. The van der Waals surface area contributed by atoms with Crippen LogP contribution >= 0.6 is 0 Å². The van der Waals surface area contributed by atoms with Gasteiger partial charge in [-0.2, -0.15) is 0 Å². The van der Waals surface area contributed by atoms with Crippen LogP contribution in [0.1, 0.15) is 10.4 Å². The average Bonchev–Trinajstić information content (AvgIpc) is 2.32. The van der Waals surface area contributed by atoms with Crippen LogP contribution in [0.5, 0.6) is 5.75 Å². The molecule has 0 aliphatic heterocycles. The molecule has 2 rings (SSSR count). The molecule has 4 N–H and O–H groups in total. The maximum atomic E-state index is 11.8. The van der Waals surface area contributed by atoms with Gasteiger partial charge < -0.3 is 16.2 Å². The Balaban J connectivity index is 2.17. The number of carbonyl (C=O) groups is 1. The fraction of sp³-hybridized carbons (Fsp3) is 0. The predicted molar refractivity (Wildman–Crippen MR) is 64.7 cm³/mol. The second kappa shape index (κ2) is 4.52. The quantitative estimate of drug-likeness (QED) is 0.730. The number of hydrogen-bond acceptors (Lipinski definition) is 4. The first-order chi connectivity index (χ1) is 8.16. The number of phenolic OH excluding ortho intramolecular Hbond substituents is 1. The Morgan fingerprint density at radius 2 is 2.00 bits per heavy atom. The second-order valence-corrected chi connectivity index (χ2v) is 3.45. The number of anilines is 2. The first kappa shape index (κ1) is 10.9. The predicted octanol–water partition coefficient (Wildman–Crippen LogP) is 1.62. The minimum atomic E-state index is -0.416. The number of para-hydroxylation sites is 1. The van der Waals surface area contributed by atoms with Gasteiger partial charge in [0.1, 0.15) is 11.6 Å². The van der Waals surface area contributed by atoms with E-state index in [1.807, 2.05) is 0 Å². The Morgan fingerprint density at radius 3 is 2.65 bits per heavy atom. The molecule has 0 radical (unpaired) electrons. The Kier molecular flexibility index (Phi) is 2.91. The molecule has 0 atom stereocenters. The van der Waals surface area contributed by atoms with Gasteiger partial charge in [0, 0.05) is 0 Å². The molecule has 0 unspecified atom stereocenters. The summed E-state index contributed by atoms with van der Waals surface area (Å²) in [6, 6.07) is 9.52. The number of carbonyl (C=O) groups excluding carboxylic acids is 1. The molecule has 0 saturated heterocycles. The molecule has 5 nitrogen and oxygen atoms in total. The summed E-state index contributed by atoms with van der Waals surface area (Å²) >= 11 is 0. The van der Waals surface area contributed by atoms with E-state index in [1.165, 1.54) is 18.3 Å². The third kappa shape index (κ3) is 2.52. The third-order valence-electron chi connectivity index (χ3n) is 2.18. The van der Waals surface area contributed by atoms with Gasteiger partial charge in [-0.3, -0.25) is 4.79 Å². The standard InChI is InChI=1S/C12H11N3O2/c13-8-5-6-11(14-7-8)15-12(17)9-3-1-2-4-10(9)16/h1-7,16H,13H2,(H,14,15,17). The minimum absolute atomic E-state index is 0.0690. The highest BCUT2D eigenvalue weighted by Gasteiger charge is 2.10. The first-order valence-electron chi connectivity index (χ1n) is 4.97. The number of nitrogen functional groups attached to an aromatic ring is 1. The molecule has 0 bridgehead atoms. The van der Waals surface area contributed by atoms with Gasteiger partial charge in [0.05, 0.1) is 17.4 Å². The number of amides is 1. The number of benzene rings is 1. The van der Waals surface area contributed by atoms with E-state index in [0.29, 0.717) is 11.5 Å². The molecule has 86 valence electrons. The van der Waals surface area contributed by atoms with E-state index >= 15 is 0 Å². The van der Waals surface area contributed by atoms with Crippen molar-refractivity contribution in [3.8, 4) is 5.75 Å². The average molecular weight is 229 g/mol. The van der Waals surface area contributed by atoms with E-state index in [1.54, 1.807) is 24.3 Å². The number of nitrogens with one attached hydrogen (secondary N) is 1. The number of pyridine rings is 1. The lowest BCUT2D eigenvalue weighted by molar-refractivity contribution is 0.102. The molecule has 1 amide bonds. The van der Waals surface area contributed by atoms with Crippen molar-refractivity contribution in [2.24, 2.45) is 0 Å². The molecule has 0 spiro atoms. The second-order valence-electron chi connectivity index (χ2n) is 3.45. The topological polar surface area (TPSA) is 88.2 Å². The van der Waals surface area contributed by atoms with Gasteiger partial charge in [-0.25, -0.2) is 4.98 Å². The van der Waals surface area contributed by atoms with Crippen LogP contribution in [0.3, 0.4) is 0 Å². The highest BCUT2D eigenvalue weighted by Crippen LogP contribution is 2.17. The van der Waals surface area contributed by atoms with E-state index in [-0.39, 0.29) is 11.3 Å². The smallest absolute Gasteiger partial charge is 0.260 e. The normalized spacial score (nSPS) is 9.88. The molecule has 1 aromatic carbocycles. The number of rotatable bonds is 2. The fourth-order valence-corrected chi connectivity index (χ4v) is 1.33. The highest BCUT2D eigenvalue weighted by molar-refractivity contribution is 6.05. The van der Waals surface area contributed by atoms with Gasteiger partial charge >= 0.3 is 0 Å². The van der Waals surface area contributed by atoms with Gasteiger partial charge in [0.25, 0.3) is 5.91 Å². The molecular weight excluding hydrogens is 218 g/mol. The van der Waals surface area contributed by atoms with Gasteiger partial charge in [-0.05, 0) is 24.3 Å². The molecular formula is C12H11N3O2. The molecule has 1 heterocycles. The summed E-state index contributed by atoms with van der Waals surface area (Å²) in [6.45, 7) is 0. The van der Waals surface area contributed by atoms with Crippen molar-refractivity contribution in [2.45, 2.75) is 0 Å². The maximum absolute atomic E-state index is 11.8. The monoisotopic (exact) mass is 229 g/mol. The molecule has 0 saturated carbocycles. The van der Waals surface area contributed by atoms with Crippen molar-refractivity contribution in [2.75, 3.05) is 11.1 Å². The van der Waals surface area contributed by atoms with E-state index in [4.69, 9.17) is 5.73 Å². The largest absolute Gasteiger partial charge is 0.507 e. The van der Waals surface area contributed by atoms with Crippen molar-refractivity contribution in [1.82, 2.24) is 4.98 Å². The van der Waals surface area contributed by atoms with Gasteiger partial charge in [-0.15, -0.1) is 0 Å². The molecule has 5 heteroatoms. The van der Waals surface area contributed by atoms with Crippen molar-refractivity contribution in [1.29, 1.82) is 0 Å². The zero-order chi connectivity index (χ0) is 12.3. The van der Waals surface area contributed by atoms with Gasteiger partial charge in [0.15, 0.2) is 0 Å². The minimum Gasteiger partial charge on any atom is -0.507 e. The van der Waals surface area contributed by atoms with Crippen molar-refractivity contribution in [3.63, 3.8) is 0 Å². The van der Waals surface area contributed by atoms with Crippen molar-refractivity contribution < 1.29 is 9.90 Å². The first-order valence-corrected chi connectivity index (χ1v) is 4.97. The zero-order valence-corrected chi connectivity index (χ0v) is 8.92. The zero-order valence-electron chi connectivity index (χ0n) is 8.92. The number of aromatic nitrogens is 1. The summed E-state index contributed by atoms with van der Waals surface area (Å²) in [5, 5.41) is 12.1. The number of hydrogen-bond donors (Lipinski definition) is 3. The van der Waals surface area contributed by atoms with Gasteiger partial charge in [0.2, 0.25) is 0 Å². The maximum Gasteiger partial charge on any atom is 0.260 e. The summed E-state index contributed by atoms with van der Waals surface area (Å²) in [7, 11) is 0. The van der Waals surface area contributed by atoms with Crippen LogP contribution in [0, 0.1) is 0 Å². The van der Waals surface area contributed by atoms with E-state index in [2.05, 4.69) is 10.3 Å². The summed E-state index contributed by atoms with van der Waals surface area (Å²) in [6.07, 6.45) is 1.44. The van der Waals surface area contributed by atoms with Crippen LogP contribution in [0.25, 0.3) is 0 Å². The molecule has 0 aliphatic carbocycles. The summed E-state index contributed by atoms with van der Waals surface area (Å²) in [4.78, 5) is 15.7. The van der Waals surface area contributed by atoms with Crippen LogP contribution in [-0.2, 0) is 0 Å². The highest BCUT2D eigenvalue weighted by atomic mass is 16.3. The van der Waals surface area contributed by atoms with Crippen molar-refractivity contribution in [3.05, 3.63) is 48.2 Å². The molecule has 17 heavy (non-hydrogen) atoms. The third-order valence-corrected chi connectivity index (χ3v) is 2.18. The van der Waals surface area contributed by atoms with Crippen LogP contribution < -0.4 is 11.1 Å². The van der Waals surface area contributed by atoms with E-state index in [9.17, 15) is 9.90 Å². The summed E-state index contributed by atoms with van der Waals surface area (Å²) in [5.41, 5.74) is 6.20. The van der Waals surface area contributed by atoms with Crippen LogP contribution in [0.4, 0.5) is 11.5 Å². The van der Waals surface area contributed by atoms with Crippen LogP contribution in [0.15, 0.2) is 42.6 Å². The Labute approximate surface area is 97.9 Å².